The molecule has 5 nitrogen and oxygen atoms in total. The molecule has 0 aliphatic carbocycles. The number of hydrogen-bond acceptors (Lipinski definition) is 4. The molecular formula is C15H21BN4O. The first-order chi connectivity index (χ1) is 9.78. The van der Waals surface area contributed by atoms with Crippen molar-refractivity contribution in [1.82, 2.24) is 15.8 Å². The van der Waals surface area contributed by atoms with Crippen molar-refractivity contribution in [3.8, 4) is 16.9 Å². The summed E-state index contributed by atoms with van der Waals surface area (Å²) in [4.78, 5) is 0. The van der Waals surface area contributed by atoms with Crippen molar-refractivity contribution in [1.29, 1.82) is 0 Å². The number of rotatable bonds is 2. The third-order valence-corrected chi connectivity index (χ3v) is 2.98. The molecule has 0 unspecified atom stereocenters. The van der Waals surface area contributed by atoms with Gasteiger partial charge in [-0.1, -0.05) is 29.8 Å². The van der Waals surface area contributed by atoms with Gasteiger partial charge in [-0.2, -0.15) is 5.10 Å². The lowest BCUT2D eigenvalue weighted by Gasteiger charge is -2.08. The summed E-state index contributed by atoms with van der Waals surface area (Å²) in [6, 6.07) is 12.2. The number of benzene rings is 1. The fraction of sp³-hybridized carbons (Fsp3) is 0.133. The number of hydrogen-bond donors (Lipinski definition) is 2. The highest BCUT2D eigenvalue weighted by Gasteiger charge is 2.07. The van der Waals surface area contributed by atoms with Crippen LogP contribution >= 0.6 is 0 Å². The molecule has 3 rings (SSSR count). The van der Waals surface area contributed by atoms with E-state index in [0.717, 1.165) is 16.6 Å². The van der Waals surface area contributed by atoms with Gasteiger partial charge in [0.15, 0.2) is 0 Å². The summed E-state index contributed by atoms with van der Waals surface area (Å²) in [6.07, 6.45) is 3.51. The van der Waals surface area contributed by atoms with E-state index in [9.17, 15) is 0 Å². The molecule has 0 bridgehead atoms. The summed E-state index contributed by atoms with van der Waals surface area (Å²) in [5.41, 5.74) is 8.93. The van der Waals surface area contributed by atoms with Gasteiger partial charge in [-0.05, 0) is 31.7 Å². The third-order valence-electron chi connectivity index (χ3n) is 2.98. The Kier molecular flexibility index (Phi) is 5.96. The molecule has 110 valence electrons. The SMILES string of the molecule is CN.N.[2HH].[B]Oc1cc(-c2ccc(C)cc2)c2ccnn2c1. The van der Waals surface area contributed by atoms with Gasteiger partial charge in [0.2, 0.25) is 0 Å². The Bertz CT molecular complexity index is 700. The minimum absolute atomic E-state index is 0. The molecule has 2 radical (unpaired) electrons. The molecule has 0 saturated carbocycles. The molecule has 0 amide bonds. The van der Waals surface area contributed by atoms with Crippen LogP contribution in [0.5, 0.6) is 5.75 Å². The second-order valence-corrected chi connectivity index (χ2v) is 4.23. The topological polar surface area (TPSA) is 87.5 Å². The third kappa shape index (κ3) is 3.42. The molecule has 0 aliphatic heterocycles. The van der Waals surface area contributed by atoms with Crippen LogP contribution in [0.3, 0.4) is 0 Å². The molecule has 3 aromatic rings. The molecule has 0 atom stereocenters. The van der Waals surface area contributed by atoms with Crippen LogP contribution in [0.25, 0.3) is 16.6 Å². The van der Waals surface area contributed by atoms with Crippen LogP contribution < -0.4 is 16.5 Å². The van der Waals surface area contributed by atoms with E-state index in [2.05, 4.69) is 42.0 Å². The van der Waals surface area contributed by atoms with Gasteiger partial charge in [0, 0.05) is 6.99 Å². The molecule has 5 N–H and O–H groups in total. The smallest absolute Gasteiger partial charge is 0.374 e. The zero-order chi connectivity index (χ0) is 14.5. The summed E-state index contributed by atoms with van der Waals surface area (Å²) in [5.74, 6) is 0.585. The van der Waals surface area contributed by atoms with Crippen molar-refractivity contribution in [2.75, 3.05) is 7.05 Å². The first-order valence-corrected chi connectivity index (χ1v) is 6.27. The number of aryl methyl sites for hydroxylation is 1. The fourth-order valence-corrected chi connectivity index (χ4v) is 2.03. The summed E-state index contributed by atoms with van der Waals surface area (Å²) in [5, 5.41) is 4.21. The van der Waals surface area contributed by atoms with Gasteiger partial charge in [-0.25, -0.2) is 4.52 Å². The Hall–Kier alpha value is -2.31. The Morgan fingerprint density at radius 3 is 2.48 bits per heavy atom. The summed E-state index contributed by atoms with van der Waals surface area (Å²) < 4.78 is 6.58. The Morgan fingerprint density at radius 2 is 1.86 bits per heavy atom. The molecule has 6 heteroatoms. The lowest BCUT2D eigenvalue weighted by molar-refractivity contribution is 0.608. The molecule has 0 aliphatic rings. The Labute approximate surface area is 127 Å². The van der Waals surface area contributed by atoms with E-state index in [4.69, 9.17) is 12.7 Å². The van der Waals surface area contributed by atoms with Crippen LogP contribution in [0.15, 0.2) is 48.8 Å². The van der Waals surface area contributed by atoms with Crippen LogP contribution in [0.4, 0.5) is 0 Å². The maximum absolute atomic E-state index is 5.24. The van der Waals surface area contributed by atoms with Crippen molar-refractivity contribution < 1.29 is 6.08 Å². The van der Waals surface area contributed by atoms with Gasteiger partial charge in [-0.3, -0.25) is 0 Å². The van der Waals surface area contributed by atoms with Crippen molar-refractivity contribution in [2.24, 2.45) is 5.73 Å². The molecular weight excluding hydrogens is 263 g/mol. The van der Waals surface area contributed by atoms with E-state index in [-0.39, 0.29) is 7.58 Å². The predicted octanol–water partition coefficient (Wildman–Crippen LogP) is 2.75. The maximum atomic E-state index is 5.24. The average Bonchev–Trinajstić information content (AvgIpc) is 2.97. The summed E-state index contributed by atoms with van der Waals surface area (Å²) >= 11 is 0. The summed E-state index contributed by atoms with van der Waals surface area (Å²) in [7, 11) is 6.74. The predicted molar refractivity (Wildman–Crippen MR) is 89.0 cm³/mol. The standard InChI is InChI=1S/C14H11BN2O.CH5N.H3N.H2/c1-10-2-4-11(5-3-10)13-8-12(18-15)9-17-14(13)6-7-16-17;1-2;;/h2-9H,1H3;2H2,1H3;1H3;1H/i;;;1+1. The quantitative estimate of drug-likeness (QED) is 0.709. The Morgan fingerprint density at radius 1 is 1.19 bits per heavy atom. The molecule has 2 heterocycles. The largest absolute Gasteiger partial charge is 0.567 e. The van der Waals surface area contributed by atoms with E-state index in [1.165, 1.54) is 12.6 Å². The lowest BCUT2D eigenvalue weighted by atomic mass is 10.0. The van der Waals surface area contributed by atoms with Gasteiger partial charge in [0.1, 0.15) is 5.75 Å². The second-order valence-electron chi connectivity index (χ2n) is 4.23. The van der Waals surface area contributed by atoms with Gasteiger partial charge in [-0.15, -0.1) is 0 Å². The van der Waals surface area contributed by atoms with Gasteiger partial charge >= 0.3 is 8.05 Å². The van der Waals surface area contributed by atoms with Crippen molar-refractivity contribution in [3.05, 3.63) is 54.4 Å². The average molecular weight is 285 g/mol. The van der Waals surface area contributed by atoms with E-state index in [0.29, 0.717) is 5.75 Å². The van der Waals surface area contributed by atoms with Crippen molar-refractivity contribution in [3.63, 3.8) is 0 Å². The molecule has 21 heavy (non-hydrogen) atoms. The van der Waals surface area contributed by atoms with E-state index < -0.39 is 0 Å². The normalized spacial score (nSPS) is 9.48. The lowest BCUT2D eigenvalue weighted by Crippen LogP contribution is -1.94. The van der Waals surface area contributed by atoms with E-state index in [1.54, 1.807) is 16.9 Å². The van der Waals surface area contributed by atoms with E-state index >= 15 is 0 Å². The highest BCUT2D eigenvalue weighted by atomic mass is 16.4. The summed E-state index contributed by atoms with van der Waals surface area (Å²) in [6.45, 7) is 2.07. The van der Waals surface area contributed by atoms with Crippen molar-refractivity contribution in [2.45, 2.75) is 6.92 Å². The molecule has 0 saturated heterocycles. The second kappa shape index (κ2) is 7.47. The monoisotopic (exact) mass is 285 g/mol. The number of aromatic nitrogens is 2. The van der Waals surface area contributed by atoms with Gasteiger partial charge < -0.3 is 16.5 Å². The first kappa shape index (κ1) is 16.7. The minimum atomic E-state index is 0. The Balaban J connectivity index is 0.00000106. The van der Waals surface area contributed by atoms with Crippen LogP contribution in [0.2, 0.25) is 0 Å². The zero-order valence-electron chi connectivity index (χ0n) is 12.3. The number of pyridine rings is 1. The van der Waals surface area contributed by atoms with Crippen LogP contribution in [-0.2, 0) is 0 Å². The van der Waals surface area contributed by atoms with Crippen molar-refractivity contribution >= 4 is 13.6 Å². The van der Waals surface area contributed by atoms with Gasteiger partial charge in [0.25, 0.3) is 0 Å². The maximum Gasteiger partial charge on any atom is 0.374 e. The highest BCUT2D eigenvalue weighted by molar-refractivity contribution is 6.00. The van der Waals surface area contributed by atoms with Gasteiger partial charge in [0.05, 0.1) is 17.9 Å². The molecule has 0 spiro atoms. The zero-order valence-corrected chi connectivity index (χ0v) is 12.3. The number of nitrogens with zero attached hydrogens (tertiary/aromatic N) is 2. The molecule has 1 aromatic carbocycles. The molecule has 0 fully saturated rings. The first-order valence-electron chi connectivity index (χ1n) is 6.27. The van der Waals surface area contributed by atoms with Crippen LogP contribution in [0, 0.1) is 6.92 Å². The number of fused-ring (bicyclic) bond motifs is 1. The minimum Gasteiger partial charge on any atom is -0.567 e. The van der Waals surface area contributed by atoms with E-state index in [1.807, 2.05) is 12.1 Å². The highest BCUT2D eigenvalue weighted by Crippen LogP contribution is 2.28. The molecule has 2 aromatic heterocycles. The number of nitrogens with two attached hydrogens (primary N) is 1. The fourth-order valence-electron chi connectivity index (χ4n) is 2.03. The van der Waals surface area contributed by atoms with Crippen LogP contribution in [0.1, 0.15) is 6.99 Å². The van der Waals surface area contributed by atoms with Crippen LogP contribution in [-0.4, -0.2) is 24.7 Å².